The van der Waals surface area contributed by atoms with Gasteiger partial charge in [0.25, 0.3) is 0 Å². The zero-order chi connectivity index (χ0) is 84.1. The van der Waals surface area contributed by atoms with E-state index in [-0.39, 0.29) is 91.8 Å². The lowest BCUT2D eigenvalue weighted by Crippen LogP contribution is -2.48. The third kappa shape index (κ3) is 30.5. The van der Waals surface area contributed by atoms with Gasteiger partial charge in [0.15, 0.2) is 0 Å². The largest absolute Gasteiger partial charge is 0.456 e. The van der Waals surface area contributed by atoms with Crippen LogP contribution < -0.4 is 0 Å². The molecule has 0 heterocycles. The van der Waals surface area contributed by atoms with Crippen LogP contribution in [0.5, 0.6) is 0 Å². The molecule has 0 spiro atoms. The maximum absolute atomic E-state index is 12.1. The maximum atomic E-state index is 12.1. The highest BCUT2D eigenvalue weighted by Crippen LogP contribution is 2.70. The van der Waals surface area contributed by atoms with Crippen molar-refractivity contribution in [1.29, 1.82) is 0 Å². The van der Waals surface area contributed by atoms with Crippen LogP contribution >= 0.6 is 0 Å². The Bertz CT molecular complexity index is 3080. The molecule has 0 aromatic heterocycles. The molecule has 638 valence electrons. The number of hydrogen-bond donors (Lipinski definition) is 0. The number of fused-ring (bicyclic) bond motifs is 4. The van der Waals surface area contributed by atoms with Crippen molar-refractivity contribution < 1.29 is 66.7 Å². The summed E-state index contributed by atoms with van der Waals surface area (Å²) < 4.78 is 39.5. The smallest absolute Gasteiger partial charge is 0.333 e. The third-order valence-corrected chi connectivity index (χ3v) is 28.0. The first-order valence-electron chi connectivity index (χ1n) is 44.4. The van der Waals surface area contributed by atoms with Gasteiger partial charge in [-0.3, -0.25) is 0 Å². The predicted octanol–water partition coefficient (Wildman–Crippen LogP) is 26.1. The average Bonchev–Trinajstić information content (AvgIpc) is 1.53. The highest BCUT2D eigenvalue weighted by Gasteiger charge is 2.69. The van der Waals surface area contributed by atoms with Crippen molar-refractivity contribution in [2.45, 2.75) is 446 Å². The first kappa shape index (κ1) is 98.8. The van der Waals surface area contributed by atoms with Crippen molar-refractivity contribution in [3.05, 3.63) is 85.1 Å². The van der Waals surface area contributed by atoms with Gasteiger partial charge in [0, 0.05) is 44.4 Å². The van der Waals surface area contributed by atoms with Crippen molar-refractivity contribution >= 4 is 41.8 Å². The summed E-state index contributed by atoms with van der Waals surface area (Å²) in [6.45, 7) is 61.0. The molecule has 6 atom stereocenters. The van der Waals surface area contributed by atoms with E-state index in [1.165, 1.54) is 225 Å². The second-order valence-electron chi connectivity index (χ2n) is 39.1. The zero-order valence-electron chi connectivity index (χ0n) is 74.7. The van der Waals surface area contributed by atoms with Gasteiger partial charge in [-0.1, -0.05) is 189 Å². The molecule has 10 aliphatic rings. The van der Waals surface area contributed by atoms with Crippen LogP contribution in [0.1, 0.15) is 407 Å². The second kappa shape index (κ2) is 45.3. The highest BCUT2D eigenvalue weighted by molar-refractivity contribution is 5.90. The Morgan fingerprint density at radius 2 is 0.580 bits per heavy atom. The molecule has 6 unspecified atom stereocenters. The standard InChI is InChI=1S/C18H30O2.C15H24O2.C15H26O2.2C13H22O2.C12H18O2.C12H20O2/c1-14(2)17(19)20-18(3,15-10-6-4-7-11-15)16-12-8-5-9-13-16;1-10(2)12(16)17-15(6)9-11-7-8-14(15,5)13(11,3)4;1-13(2)14(16)17-15(3)11-9-7-5-4-6-8-10-12-15;1-10(2)12(14)15-13(3,4)11-8-6-5-7-9-11;1-11(2)12(14)15-13(3)9-7-5-4-6-8-10-13;1-8(2)11(13)14-12(3)7-9-4-5-10(12)6-9;1-10(2)11(13)14-12(3)8-6-4-5-7-9-12/h15-16H,1,4-13H2,2-3H3;11H,1,7-9H2,2-6H3;1,4-12H2,2-3H3;11H,1,5-9H2,2-4H3;1,4-10H2,2-3H3;9-10H,1,4-7H2,2-3H3;1,4-9H2,2-3H3. The fourth-order valence-corrected chi connectivity index (χ4v) is 19.7. The summed E-state index contributed by atoms with van der Waals surface area (Å²) in [7, 11) is 0. The minimum Gasteiger partial charge on any atom is -0.456 e. The van der Waals surface area contributed by atoms with E-state index in [1.807, 2.05) is 20.8 Å². The van der Waals surface area contributed by atoms with Gasteiger partial charge < -0.3 is 33.2 Å². The highest BCUT2D eigenvalue weighted by atomic mass is 16.6. The zero-order valence-corrected chi connectivity index (χ0v) is 74.7. The predicted molar refractivity (Wildman–Crippen MR) is 457 cm³/mol. The molecular weight excluding hydrogens is 1400 g/mol. The first-order valence-corrected chi connectivity index (χ1v) is 44.4. The van der Waals surface area contributed by atoms with Crippen molar-refractivity contribution in [3.8, 4) is 0 Å². The number of carbonyl (C=O) groups is 7. The van der Waals surface area contributed by atoms with Crippen molar-refractivity contribution in [1.82, 2.24) is 0 Å². The Kier molecular flexibility index (Phi) is 39.9. The molecule has 112 heavy (non-hydrogen) atoms. The van der Waals surface area contributed by atoms with Crippen LogP contribution in [0.15, 0.2) is 85.1 Å². The van der Waals surface area contributed by atoms with Gasteiger partial charge >= 0.3 is 41.8 Å². The molecule has 0 radical (unpaired) electrons. The van der Waals surface area contributed by atoms with Gasteiger partial charge in [0.05, 0.1) is 0 Å². The summed E-state index contributed by atoms with van der Waals surface area (Å²) in [5.41, 5.74) is 1.98. The lowest BCUT2D eigenvalue weighted by molar-refractivity contribution is -0.172. The fourth-order valence-electron chi connectivity index (χ4n) is 19.7. The molecule has 0 aliphatic heterocycles. The number of carbonyl (C=O) groups excluding carboxylic acids is 7. The molecule has 10 saturated carbocycles. The van der Waals surface area contributed by atoms with Crippen LogP contribution in [0.2, 0.25) is 0 Å². The molecule has 0 saturated heterocycles. The van der Waals surface area contributed by atoms with E-state index in [2.05, 4.69) is 101 Å². The minimum atomic E-state index is -0.337. The lowest BCUT2D eigenvalue weighted by atomic mass is 9.65. The molecule has 0 amide bonds. The first-order chi connectivity index (χ1) is 52.2. The van der Waals surface area contributed by atoms with Gasteiger partial charge in [0.2, 0.25) is 0 Å². The summed E-state index contributed by atoms with van der Waals surface area (Å²) in [6, 6.07) is 0. The Morgan fingerprint density at radius 1 is 0.295 bits per heavy atom. The Morgan fingerprint density at radius 3 is 0.857 bits per heavy atom. The number of ether oxygens (including phenoxy) is 7. The Hall–Kier alpha value is -5.53. The lowest BCUT2D eigenvalue weighted by Gasteiger charge is -2.46. The molecule has 4 bridgehead atoms. The van der Waals surface area contributed by atoms with Crippen LogP contribution in [0.25, 0.3) is 0 Å². The van der Waals surface area contributed by atoms with E-state index in [9.17, 15) is 33.6 Å². The molecule has 0 aromatic rings. The van der Waals surface area contributed by atoms with E-state index in [4.69, 9.17) is 33.2 Å². The van der Waals surface area contributed by atoms with Crippen LogP contribution in [-0.4, -0.2) is 81.0 Å². The minimum absolute atomic E-state index is 0.0930. The van der Waals surface area contributed by atoms with Crippen molar-refractivity contribution in [3.63, 3.8) is 0 Å². The topological polar surface area (TPSA) is 184 Å². The van der Waals surface area contributed by atoms with Gasteiger partial charge in [-0.25, -0.2) is 33.6 Å². The summed E-state index contributed by atoms with van der Waals surface area (Å²) in [5.74, 6) is 2.04. The summed E-state index contributed by atoms with van der Waals surface area (Å²) in [4.78, 5) is 81.4. The van der Waals surface area contributed by atoms with E-state index in [0.29, 0.717) is 68.6 Å². The van der Waals surface area contributed by atoms with Crippen molar-refractivity contribution in [2.75, 3.05) is 0 Å². The maximum Gasteiger partial charge on any atom is 0.333 e. The number of rotatable bonds is 17. The Labute approximate surface area is 682 Å². The van der Waals surface area contributed by atoms with Gasteiger partial charge in [-0.15, -0.1) is 0 Å². The van der Waals surface area contributed by atoms with E-state index >= 15 is 0 Å². The van der Waals surface area contributed by atoms with Gasteiger partial charge in [-0.2, -0.15) is 0 Å². The van der Waals surface area contributed by atoms with E-state index < -0.39 is 0 Å². The molecule has 10 fully saturated rings. The van der Waals surface area contributed by atoms with Crippen LogP contribution in [0.4, 0.5) is 0 Å². The average molecular weight is 1560 g/mol. The van der Waals surface area contributed by atoms with E-state index in [1.54, 1.807) is 48.5 Å². The molecule has 10 rings (SSSR count). The summed E-state index contributed by atoms with van der Waals surface area (Å²) in [6.07, 6.45) is 53.1. The normalized spacial score (nSPS) is 26.7. The third-order valence-electron chi connectivity index (χ3n) is 28.0. The van der Waals surface area contributed by atoms with Crippen LogP contribution in [0.3, 0.4) is 0 Å². The molecule has 14 heteroatoms. The number of esters is 7. The molecule has 10 aliphatic carbocycles. The monoisotopic (exact) mass is 1560 g/mol. The number of hydrogen-bond acceptors (Lipinski definition) is 14. The van der Waals surface area contributed by atoms with Crippen LogP contribution in [0, 0.1) is 46.3 Å². The quantitative estimate of drug-likeness (QED) is 0.0580. The molecule has 0 aromatic carbocycles. The fraction of sp³-hybridized carbons (Fsp3) is 0.786. The molecule has 0 N–H and O–H groups in total. The molecule has 14 nitrogen and oxygen atoms in total. The Balaban J connectivity index is 0.000000276. The summed E-state index contributed by atoms with van der Waals surface area (Å²) >= 11 is 0. The molecular formula is C98H162O14. The summed E-state index contributed by atoms with van der Waals surface area (Å²) in [5, 5.41) is 0. The SMILES string of the molecule is C=C(C)C(=O)OC(C)(C)C1CCCCC1.C=C(C)C(=O)OC(C)(C1CCCCC1)C1CCCCC1.C=C(C)C(=O)OC1(C)CC2CCC1(C)C2(C)C.C=C(C)C(=O)OC1(C)CC2CCC1C2.C=C(C)C(=O)OC1(C)CCCCCC1.C=C(C)C(=O)OC1(C)CCCCCCC1.C=C(C)C(=O)OC1(C)CCCCCCCCC1. The second-order valence-corrected chi connectivity index (χ2v) is 39.1. The van der Waals surface area contributed by atoms with E-state index in [0.717, 1.165) is 63.7 Å². The van der Waals surface area contributed by atoms with Crippen LogP contribution in [-0.2, 0) is 66.7 Å². The van der Waals surface area contributed by atoms with Gasteiger partial charge in [-0.05, 0) is 305 Å². The van der Waals surface area contributed by atoms with Gasteiger partial charge in [0.1, 0.15) is 39.2 Å². The van der Waals surface area contributed by atoms with Crippen molar-refractivity contribution in [2.24, 2.45) is 46.3 Å².